The molecule has 80 valence electrons. The molecule has 15 heavy (non-hydrogen) atoms. The maximum atomic E-state index is 10.6. The van der Waals surface area contributed by atoms with Crippen LogP contribution in [0.25, 0.3) is 0 Å². The predicted octanol–water partition coefficient (Wildman–Crippen LogP) is 1.60. The molecule has 0 bridgehead atoms. The van der Waals surface area contributed by atoms with Crippen LogP contribution in [0.15, 0.2) is 18.2 Å². The van der Waals surface area contributed by atoms with E-state index in [0.717, 1.165) is 24.9 Å². The zero-order chi connectivity index (χ0) is 10.8. The fourth-order valence-electron chi connectivity index (χ4n) is 1.93. The fraction of sp³-hybridized carbons (Fsp3) is 0.400. The first-order valence-electron chi connectivity index (χ1n) is 4.95. The van der Waals surface area contributed by atoms with Gasteiger partial charge in [0.25, 0.3) is 5.69 Å². The lowest BCUT2D eigenvalue weighted by molar-refractivity contribution is -0.384. The molecule has 1 aliphatic heterocycles. The summed E-state index contributed by atoms with van der Waals surface area (Å²) >= 11 is 0. The summed E-state index contributed by atoms with van der Waals surface area (Å²) < 4.78 is 0. The third-order valence-electron chi connectivity index (χ3n) is 2.72. The molecule has 0 spiro atoms. The van der Waals surface area contributed by atoms with Crippen LogP contribution in [-0.2, 0) is 0 Å². The summed E-state index contributed by atoms with van der Waals surface area (Å²) in [5.74, 6) is 0. The highest BCUT2D eigenvalue weighted by atomic mass is 16.6. The Bertz CT molecular complexity index is 386. The van der Waals surface area contributed by atoms with Gasteiger partial charge >= 0.3 is 0 Å². The lowest BCUT2D eigenvalue weighted by Gasteiger charge is -2.12. The van der Waals surface area contributed by atoms with Crippen LogP contribution >= 0.6 is 0 Å². The number of nitro groups is 1. The molecule has 2 rings (SSSR count). The first-order chi connectivity index (χ1) is 7.18. The van der Waals surface area contributed by atoms with Crippen molar-refractivity contribution in [3.05, 3.63) is 33.9 Å². The Morgan fingerprint density at radius 3 is 2.93 bits per heavy atom. The van der Waals surface area contributed by atoms with Crippen molar-refractivity contribution in [3.8, 4) is 0 Å². The van der Waals surface area contributed by atoms with Crippen LogP contribution in [0.2, 0.25) is 0 Å². The number of hydrogen-bond donors (Lipinski definition) is 2. The number of benzene rings is 1. The van der Waals surface area contributed by atoms with Crippen molar-refractivity contribution >= 4 is 11.4 Å². The minimum Gasteiger partial charge on any atom is -0.398 e. The summed E-state index contributed by atoms with van der Waals surface area (Å²) in [5.41, 5.74) is 7.39. The van der Waals surface area contributed by atoms with E-state index in [4.69, 9.17) is 5.73 Å². The highest BCUT2D eigenvalue weighted by molar-refractivity contribution is 5.54. The summed E-state index contributed by atoms with van der Waals surface area (Å²) in [6.07, 6.45) is 2.08. The van der Waals surface area contributed by atoms with Gasteiger partial charge in [0.1, 0.15) is 0 Å². The molecule has 5 nitrogen and oxygen atoms in total. The lowest BCUT2D eigenvalue weighted by Crippen LogP contribution is -2.14. The van der Waals surface area contributed by atoms with E-state index in [1.807, 2.05) is 0 Å². The van der Waals surface area contributed by atoms with E-state index in [0.29, 0.717) is 5.69 Å². The number of rotatable bonds is 2. The largest absolute Gasteiger partial charge is 0.398 e. The molecule has 1 saturated heterocycles. The molecule has 1 atom stereocenters. The average molecular weight is 207 g/mol. The number of nitrogens with two attached hydrogens (primary N) is 1. The molecule has 0 unspecified atom stereocenters. The maximum Gasteiger partial charge on any atom is 0.269 e. The Labute approximate surface area is 87.4 Å². The van der Waals surface area contributed by atoms with Crippen molar-refractivity contribution in [2.45, 2.75) is 18.9 Å². The number of nitrogen functional groups attached to an aromatic ring is 1. The zero-order valence-corrected chi connectivity index (χ0v) is 8.27. The van der Waals surface area contributed by atoms with Crippen LogP contribution < -0.4 is 11.1 Å². The molecule has 0 saturated carbocycles. The monoisotopic (exact) mass is 207 g/mol. The SMILES string of the molecule is Nc1ccc([N+](=O)[O-])cc1[C@H]1CCCN1. The van der Waals surface area contributed by atoms with Crippen molar-refractivity contribution < 1.29 is 4.92 Å². The van der Waals surface area contributed by atoms with E-state index in [-0.39, 0.29) is 11.7 Å². The van der Waals surface area contributed by atoms with Crippen LogP contribution in [0.1, 0.15) is 24.4 Å². The van der Waals surface area contributed by atoms with Gasteiger partial charge in [-0.3, -0.25) is 10.1 Å². The topological polar surface area (TPSA) is 81.2 Å². The molecule has 1 heterocycles. The molecule has 1 aromatic carbocycles. The smallest absolute Gasteiger partial charge is 0.269 e. The zero-order valence-electron chi connectivity index (χ0n) is 8.27. The Balaban J connectivity index is 2.35. The third kappa shape index (κ3) is 1.92. The van der Waals surface area contributed by atoms with Crippen molar-refractivity contribution in [1.82, 2.24) is 5.32 Å². The number of nitrogens with zero attached hydrogens (tertiary/aromatic N) is 1. The van der Waals surface area contributed by atoms with Gasteiger partial charge < -0.3 is 11.1 Å². The van der Waals surface area contributed by atoms with Crippen molar-refractivity contribution in [2.75, 3.05) is 12.3 Å². The van der Waals surface area contributed by atoms with Gasteiger partial charge in [-0.15, -0.1) is 0 Å². The maximum absolute atomic E-state index is 10.6. The molecule has 0 aliphatic carbocycles. The van der Waals surface area contributed by atoms with Crippen molar-refractivity contribution in [3.63, 3.8) is 0 Å². The van der Waals surface area contributed by atoms with E-state index < -0.39 is 4.92 Å². The van der Waals surface area contributed by atoms with E-state index in [1.165, 1.54) is 6.07 Å². The van der Waals surface area contributed by atoms with E-state index in [1.54, 1.807) is 12.1 Å². The fourth-order valence-corrected chi connectivity index (χ4v) is 1.93. The molecule has 1 aliphatic rings. The highest BCUT2D eigenvalue weighted by Gasteiger charge is 2.20. The first kappa shape index (κ1) is 9.92. The van der Waals surface area contributed by atoms with E-state index in [9.17, 15) is 10.1 Å². The molecule has 1 fully saturated rings. The second-order valence-electron chi connectivity index (χ2n) is 3.72. The molecule has 1 aromatic rings. The summed E-state index contributed by atoms with van der Waals surface area (Å²) in [6, 6.07) is 4.78. The standard InChI is InChI=1S/C10H13N3O2/c11-9-4-3-7(13(14)15)6-8(9)10-2-1-5-12-10/h3-4,6,10,12H,1-2,5,11H2/t10-/m1/s1. The molecule has 0 amide bonds. The van der Waals surface area contributed by atoms with Crippen LogP contribution in [0.3, 0.4) is 0 Å². The minimum atomic E-state index is -0.391. The number of nitrogens with one attached hydrogen (secondary N) is 1. The van der Waals surface area contributed by atoms with Crippen LogP contribution in [0, 0.1) is 10.1 Å². The number of nitro benzene ring substituents is 1. The Kier molecular flexibility index (Phi) is 2.55. The number of hydrogen-bond acceptors (Lipinski definition) is 4. The number of non-ortho nitro benzene ring substituents is 1. The second kappa shape index (κ2) is 3.86. The molecule has 0 radical (unpaired) electrons. The van der Waals surface area contributed by atoms with Gasteiger partial charge in [0.15, 0.2) is 0 Å². The summed E-state index contributed by atoms with van der Waals surface area (Å²) in [5, 5.41) is 13.9. The Hall–Kier alpha value is -1.62. The van der Waals surface area contributed by atoms with E-state index >= 15 is 0 Å². The summed E-state index contributed by atoms with van der Waals surface area (Å²) in [4.78, 5) is 10.2. The van der Waals surface area contributed by atoms with Crippen LogP contribution in [0.5, 0.6) is 0 Å². The van der Waals surface area contributed by atoms with Gasteiger partial charge in [-0.1, -0.05) is 0 Å². The number of anilines is 1. The summed E-state index contributed by atoms with van der Waals surface area (Å²) in [6.45, 7) is 0.951. The lowest BCUT2D eigenvalue weighted by atomic mass is 10.0. The van der Waals surface area contributed by atoms with Gasteiger partial charge in [0, 0.05) is 23.9 Å². The summed E-state index contributed by atoms with van der Waals surface area (Å²) in [7, 11) is 0. The quantitative estimate of drug-likeness (QED) is 0.438. The molecule has 5 heteroatoms. The van der Waals surface area contributed by atoms with Gasteiger partial charge in [-0.25, -0.2) is 0 Å². The molecular formula is C10H13N3O2. The molecule has 3 N–H and O–H groups in total. The second-order valence-corrected chi connectivity index (χ2v) is 3.72. The first-order valence-corrected chi connectivity index (χ1v) is 4.95. The average Bonchev–Trinajstić information content (AvgIpc) is 2.71. The minimum absolute atomic E-state index is 0.105. The molecular weight excluding hydrogens is 194 g/mol. The van der Waals surface area contributed by atoms with Crippen molar-refractivity contribution in [2.24, 2.45) is 0 Å². The van der Waals surface area contributed by atoms with E-state index in [2.05, 4.69) is 5.32 Å². The van der Waals surface area contributed by atoms with Gasteiger partial charge in [-0.05, 0) is 31.0 Å². The van der Waals surface area contributed by atoms with Gasteiger partial charge in [0.2, 0.25) is 0 Å². The Morgan fingerprint density at radius 1 is 1.53 bits per heavy atom. The predicted molar refractivity (Wildman–Crippen MR) is 57.5 cm³/mol. The van der Waals surface area contributed by atoms with Crippen molar-refractivity contribution in [1.29, 1.82) is 0 Å². The molecule has 0 aromatic heterocycles. The normalized spacial score (nSPS) is 20.4. The Morgan fingerprint density at radius 2 is 2.33 bits per heavy atom. The third-order valence-corrected chi connectivity index (χ3v) is 2.72. The van der Waals surface area contributed by atoms with Gasteiger partial charge in [0.05, 0.1) is 4.92 Å². The highest BCUT2D eigenvalue weighted by Crippen LogP contribution is 2.30. The van der Waals surface area contributed by atoms with Gasteiger partial charge in [-0.2, -0.15) is 0 Å². The van der Waals surface area contributed by atoms with Crippen LogP contribution in [-0.4, -0.2) is 11.5 Å². The van der Waals surface area contributed by atoms with Crippen LogP contribution in [0.4, 0.5) is 11.4 Å².